The summed E-state index contributed by atoms with van der Waals surface area (Å²) in [5, 5.41) is 2.83. The summed E-state index contributed by atoms with van der Waals surface area (Å²) in [6.07, 6.45) is 0.903. The van der Waals surface area contributed by atoms with Gasteiger partial charge in [0.15, 0.2) is 0 Å². The lowest BCUT2D eigenvalue weighted by atomic mass is 10.2. The Kier molecular flexibility index (Phi) is 3.88. The molecule has 1 amide bonds. The van der Waals surface area contributed by atoms with E-state index in [-0.39, 0.29) is 16.7 Å². The third kappa shape index (κ3) is 2.86. The predicted molar refractivity (Wildman–Crippen MR) is 78.0 cm³/mol. The van der Waals surface area contributed by atoms with Gasteiger partial charge in [-0.15, -0.1) is 0 Å². The van der Waals surface area contributed by atoms with Gasteiger partial charge in [0.25, 0.3) is 0 Å². The normalized spacial score (nSPS) is 21.9. The first-order chi connectivity index (χ1) is 9.23. The smallest absolute Gasteiger partial charge is 0.242 e. The van der Waals surface area contributed by atoms with Crippen molar-refractivity contribution in [3.8, 4) is 0 Å². The standard InChI is InChI=1S/C14H20N2O3S/c1-9-5-6-11(20(18,19)16(3)4)8-13(9)15-14(17)12-7-10(12)2/h5-6,8,10,12H,7H2,1-4H3,(H,15,17)/t10-,12+/m0/s1. The van der Waals surface area contributed by atoms with E-state index in [1.807, 2.05) is 13.8 Å². The van der Waals surface area contributed by atoms with Gasteiger partial charge < -0.3 is 5.32 Å². The largest absolute Gasteiger partial charge is 0.326 e. The molecule has 2 atom stereocenters. The van der Waals surface area contributed by atoms with E-state index in [2.05, 4.69) is 5.32 Å². The number of nitrogens with one attached hydrogen (secondary N) is 1. The molecule has 1 fully saturated rings. The topological polar surface area (TPSA) is 66.5 Å². The number of carbonyl (C=O) groups is 1. The molecule has 1 aliphatic carbocycles. The van der Waals surface area contributed by atoms with Gasteiger partial charge in [0, 0.05) is 25.7 Å². The quantitative estimate of drug-likeness (QED) is 0.922. The number of amides is 1. The van der Waals surface area contributed by atoms with Crippen molar-refractivity contribution >= 4 is 21.6 Å². The van der Waals surface area contributed by atoms with E-state index in [0.29, 0.717) is 11.6 Å². The first-order valence-corrected chi connectivity index (χ1v) is 8.01. The highest BCUT2D eigenvalue weighted by molar-refractivity contribution is 7.89. The maximum absolute atomic E-state index is 12.1. The lowest BCUT2D eigenvalue weighted by Crippen LogP contribution is -2.22. The van der Waals surface area contributed by atoms with Crippen LogP contribution in [0.3, 0.4) is 0 Å². The number of sulfonamides is 1. The van der Waals surface area contributed by atoms with Crippen LogP contribution in [-0.2, 0) is 14.8 Å². The fourth-order valence-electron chi connectivity index (χ4n) is 2.02. The van der Waals surface area contributed by atoms with E-state index >= 15 is 0 Å². The van der Waals surface area contributed by atoms with E-state index in [0.717, 1.165) is 16.3 Å². The average Bonchev–Trinajstić information content (AvgIpc) is 3.09. The number of aryl methyl sites for hydroxylation is 1. The number of benzene rings is 1. The first kappa shape index (κ1) is 15.0. The molecular formula is C14H20N2O3S. The number of hydrogen-bond donors (Lipinski definition) is 1. The molecule has 0 aromatic heterocycles. The number of anilines is 1. The zero-order valence-electron chi connectivity index (χ0n) is 12.2. The molecule has 1 aromatic carbocycles. The number of rotatable bonds is 4. The van der Waals surface area contributed by atoms with Crippen molar-refractivity contribution in [1.82, 2.24) is 4.31 Å². The summed E-state index contributed by atoms with van der Waals surface area (Å²) in [6, 6.07) is 4.79. The molecular weight excluding hydrogens is 276 g/mol. The minimum atomic E-state index is -3.49. The zero-order chi connectivity index (χ0) is 15.1. The molecule has 1 aromatic rings. The summed E-state index contributed by atoms with van der Waals surface area (Å²) in [5.41, 5.74) is 1.42. The van der Waals surface area contributed by atoms with Gasteiger partial charge in [0.05, 0.1) is 4.90 Å². The Bertz CT molecular complexity index is 638. The Morgan fingerprint density at radius 2 is 1.95 bits per heavy atom. The van der Waals surface area contributed by atoms with Crippen molar-refractivity contribution in [2.75, 3.05) is 19.4 Å². The van der Waals surface area contributed by atoms with Gasteiger partial charge in [-0.3, -0.25) is 4.79 Å². The van der Waals surface area contributed by atoms with Crippen LogP contribution in [0.25, 0.3) is 0 Å². The van der Waals surface area contributed by atoms with Crippen molar-refractivity contribution in [1.29, 1.82) is 0 Å². The van der Waals surface area contributed by atoms with Crippen molar-refractivity contribution in [3.63, 3.8) is 0 Å². The molecule has 0 radical (unpaired) electrons. The highest BCUT2D eigenvalue weighted by Crippen LogP contribution is 2.38. The van der Waals surface area contributed by atoms with Crippen molar-refractivity contribution in [3.05, 3.63) is 23.8 Å². The molecule has 20 heavy (non-hydrogen) atoms. The van der Waals surface area contributed by atoms with Crippen molar-refractivity contribution in [2.24, 2.45) is 11.8 Å². The monoisotopic (exact) mass is 296 g/mol. The Morgan fingerprint density at radius 1 is 1.35 bits per heavy atom. The molecule has 5 nitrogen and oxygen atoms in total. The summed E-state index contributed by atoms with van der Waals surface area (Å²) in [7, 11) is -0.514. The molecule has 1 saturated carbocycles. The molecule has 0 bridgehead atoms. The maximum atomic E-state index is 12.1. The third-order valence-corrected chi connectivity index (χ3v) is 5.50. The Balaban J connectivity index is 2.28. The van der Waals surface area contributed by atoms with Crippen LogP contribution >= 0.6 is 0 Å². The van der Waals surface area contributed by atoms with Crippen LogP contribution in [0.2, 0.25) is 0 Å². The van der Waals surface area contributed by atoms with Gasteiger partial charge in [0.2, 0.25) is 15.9 Å². The number of nitrogens with zero attached hydrogens (tertiary/aromatic N) is 1. The summed E-state index contributed by atoms with van der Waals surface area (Å²) < 4.78 is 25.3. The highest BCUT2D eigenvalue weighted by Gasteiger charge is 2.39. The van der Waals surface area contributed by atoms with Crippen LogP contribution in [0.5, 0.6) is 0 Å². The second-order valence-electron chi connectivity index (χ2n) is 5.57. The molecule has 6 heteroatoms. The Morgan fingerprint density at radius 3 is 2.45 bits per heavy atom. The fraction of sp³-hybridized carbons (Fsp3) is 0.500. The molecule has 0 heterocycles. The van der Waals surface area contributed by atoms with E-state index in [1.54, 1.807) is 12.1 Å². The van der Waals surface area contributed by atoms with Crippen LogP contribution in [0.1, 0.15) is 18.9 Å². The van der Waals surface area contributed by atoms with E-state index < -0.39 is 10.0 Å². The second kappa shape index (κ2) is 5.18. The third-order valence-electron chi connectivity index (χ3n) is 3.69. The molecule has 110 valence electrons. The lowest BCUT2D eigenvalue weighted by molar-refractivity contribution is -0.117. The van der Waals surface area contributed by atoms with Crippen molar-refractivity contribution < 1.29 is 13.2 Å². The molecule has 0 aliphatic heterocycles. The van der Waals surface area contributed by atoms with Gasteiger partial charge in [-0.05, 0) is 37.0 Å². The SMILES string of the molecule is Cc1ccc(S(=O)(=O)N(C)C)cc1NC(=O)[C@@H]1C[C@@H]1C. The summed E-state index contributed by atoms with van der Waals surface area (Å²) in [5.74, 6) is 0.451. The minimum Gasteiger partial charge on any atom is -0.326 e. The van der Waals surface area contributed by atoms with Crippen LogP contribution in [0, 0.1) is 18.8 Å². The first-order valence-electron chi connectivity index (χ1n) is 6.57. The molecule has 0 spiro atoms. The van der Waals surface area contributed by atoms with Gasteiger partial charge in [0.1, 0.15) is 0 Å². The van der Waals surface area contributed by atoms with Gasteiger partial charge >= 0.3 is 0 Å². The molecule has 1 aliphatic rings. The maximum Gasteiger partial charge on any atom is 0.242 e. The van der Waals surface area contributed by atoms with E-state index in [1.165, 1.54) is 20.2 Å². The van der Waals surface area contributed by atoms with Gasteiger partial charge in [-0.25, -0.2) is 12.7 Å². The summed E-state index contributed by atoms with van der Waals surface area (Å²) >= 11 is 0. The number of carbonyl (C=O) groups excluding carboxylic acids is 1. The Labute approximate surface area is 120 Å². The van der Waals surface area contributed by atoms with Crippen molar-refractivity contribution in [2.45, 2.75) is 25.2 Å². The van der Waals surface area contributed by atoms with Gasteiger partial charge in [-0.1, -0.05) is 13.0 Å². The zero-order valence-corrected chi connectivity index (χ0v) is 13.0. The lowest BCUT2D eigenvalue weighted by Gasteiger charge is -2.14. The van der Waals surface area contributed by atoms with Gasteiger partial charge in [-0.2, -0.15) is 0 Å². The molecule has 1 N–H and O–H groups in total. The summed E-state index contributed by atoms with van der Waals surface area (Å²) in [6.45, 7) is 3.88. The minimum absolute atomic E-state index is 0.0278. The molecule has 2 rings (SSSR count). The highest BCUT2D eigenvalue weighted by atomic mass is 32.2. The summed E-state index contributed by atoms with van der Waals surface area (Å²) in [4.78, 5) is 12.1. The van der Waals surface area contributed by atoms with Crippen LogP contribution in [0.4, 0.5) is 5.69 Å². The van der Waals surface area contributed by atoms with Crippen LogP contribution < -0.4 is 5.32 Å². The number of hydrogen-bond acceptors (Lipinski definition) is 3. The average molecular weight is 296 g/mol. The Hall–Kier alpha value is -1.40. The fourth-order valence-corrected chi connectivity index (χ4v) is 2.95. The molecule has 0 saturated heterocycles. The van der Waals surface area contributed by atoms with Crippen LogP contribution in [0.15, 0.2) is 23.1 Å². The second-order valence-corrected chi connectivity index (χ2v) is 7.72. The predicted octanol–water partition coefficient (Wildman–Crippen LogP) is 1.84. The van der Waals surface area contributed by atoms with Crippen LogP contribution in [-0.4, -0.2) is 32.7 Å². The van der Waals surface area contributed by atoms with E-state index in [9.17, 15) is 13.2 Å². The molecule has 0 unspecified atom stereocenters. The van der Waals surface area contributed by atoms with E-state index in [4.69, 9.17) is 0 Å².